The predicted molar refractivity (Wildman–Crippen MR) is 36.4 cm³/mol. The number of alkyl halides is 3. The Hall–Kier alpha value is -1.04. The molecule has 0 radical (unpaired) electrons. The van der Waals surface area contributed by atoms with Crippen LogP contribution in [0.1, 0.15) is 11.5 Å². The first kappa shape index (κ1) is 9.05. The van der Waals surface area contributed by atoms with Gasteiger partial charge in [-0.2, -0.15) is 18.3 Å². The fourth-order valence-electron chi connectivity index (χ4n) is 0.910. The summed E-state index contributed by atoms with van der Waals surface area (Å²) in [4.78, 5) is 0. The zero-order valence-electron chi connectivity index (χ0n) is 6.10. The van der Waals surface area contributed by atoms with Gasteiger partial charge in [-0.1, -0.05) is 0 Å². The van der Waals surface area contributed by atoms with Gasteiger partial charge >= 0.3 is 6.18 Å². The summed E-state index contributed by atoms with van der Waals surface area (Å²) >= 11 is 0. The zero-order chi connectivity index (χ0) is 9.19. The van der Waals surface area contributed by atoms with Gasteiger partial charge < -0.3 is 5.73 Å². The average Bonchev–Trinajstić information content (AvgIpc) is 2.38. The highest BCUT2D eigenvalue weighted by molar-refractivity contribution is 5.13. The first-order chi connectivity index (χ1) is 5.55. The van der Waals surface area contributed by atoms with E-state index < -0.39 is 18.6 Å². The van der Waals surface area contributed by atoms with Crippen molar-refractivity contribution in [3.05, 3.63) is 18.0 Å². The van der Waals surface area contributed by atoms with Crippen molar-refractivity contribution < 1.29 is 13.2 Å². The van der Waals surface area contributed by atoms with Crippen molar-refractivity contribution in [2.75, 3.05) is 6.54 Å². The van der Waals surface area contributed by atoms with Crippen LogP contribution in [0, 0.1) is 0 Å². The van der Waals surface area contributed by atoms with Crippen LogP contribution in [-0.2, 0) is 0 Å². The molecule has 0 bridgehead atoms. The SMILES string of the molecule is NCC(c1cn[nH]c1)C(F)(F)F. The number of nitrogens with zero attached hydrogens (tertiary/aromatic N) is 1. The van der Waals surface area contributed by atoms with Gasteiger partial charge in [0.25, 0.3) is 0 Å². The summed E-state index contributed by atoms with van der Waals surface area (Å²) in [5.74, 6) is -1.61. The van der Waals surface area contributed by atoms with Crippen LogP contribution >= 0.6 is 0 Å². The van der Waals surface area contributed by atoms with E-state index in [4.69, 9.17) is 5.73 Å². The summed E-state index contributed by atoms with van der Waals surface area (Å²) in [6, 6.07) is 0. The van der Waals surface area contributed by atoms with Crippen LogP contribution in [-0.4, -0.2) is 22.9 Å². The van der Waals surface area contributed by atoms with Crippen LogP contribution < -0.4 is 5.73 Å². The smallest absolute Gasteiger partial charge is 0.330 e. The van der Waals surface area contributed by atoms with Gasteiger partial charge in [-0.25, -0.2) is 0 Å². The van der Waals surface area contributed by atoms with E-state index >= 15 is 0 Å². The molecule has 0 saturated carbocycles. The number of H-pyrrole nitrogens is 1. The van der Waals surface area contributed by atoms with Crippen molar-refractivity contribution in [2.24, 2.45) is 5.73 Å². The summed E-state index contributed by atoms with van der Waals surface area (Å²) in [6.07, 6.45) is -1.96. The van der Waals surface area contributed by atoms with Gasteiger partial charge in [0.2, 0.25) is 0 Å². The van der Waals surface area contributed by atoms with Crippen molar-refractivity contribution in [3.63, 3.8) is 0 Å². The van der Waals surface area contributed by atoms with Gasteiger partial charge in [-0.3, -0.25) is 5.10 Å². The van der Waals surface area contributed by atoms with E-state index in [2.05, 4.69) is 10.2 Å². The molecule has 0 aliphatic heterocycles. The summed E-state index contributed by atoms with van der Waals surface area (Å²) in [6.45, 7) is -0.455. The number of nitrogens with two attached hydrogens (primary N) is 1. The third-order valence-electron chi connectivity index (χ3n) is 1.55. The molecule has 0 aliphatic rings. The van der Waals surface area contributed by atoms with E-state index in [1.807, 2.05) is 0 Å². The molecule has 0 saturated heterocycles. The van der Waals surface area contributed by atoms with Gasteiger partial charge in [-0.15, -0.1) is 0 Å². The average molecular weight is 179 g/mol. The van der Waals surface area contributed by atoms with Crippen molar-refractivity contribution in [1.29, 1.82) is 0 Å². The van der Waals surface area contributed by atoms with Crippen LogP contribution in [0.3, 0.4) is 0 Å². The van der Waals surface area contributed by atoms with Crippen LogP contribution in [0.4, 0.5) is 13.2 Å². The number of aromatic nitrogens is 2. The highest BCUT2D eigenvalue weighted by atomic mass is 19.4. The fraction of sp³-hybridized carbons (Fsp3) is 0.500. The highest BCUT2D eigenvalue weighted by Gasteiger charge is 2.40. The summed E-state index contributed by atoms with van der Waals surface area (Å²) in [5, 5.41) is 5.74. The second-order valence-electron chi connectivity index (χ2n) is 2.36. The third-order valence-corrected chi connectivity index (χ3v) is 1.55. The van der Waals surface area contributed by atoms with Crippen LogP contribution in [0.2, 0.25) is 0 Å². The van der Waals surface area contributed by atoms with E-state index in [1.54, 1.807) is 0 Å². The molecule has 0 spiro atoms. The summed E-state index contributed by atoms with van der Waals surface area (Å²) in [7, 11) is 0. The number of nitrogens with one attached hydrogen (secondary N) is 1. The van der Waals surface area contributed by atoms with Crippen molar-refractivity contribution in [2.45, 2.75) is 12.1 Å². The molecule has 0 aliphatic carbocycles. The molecule has 12 heavy (non-hydrogen) atoms. The first-order valence-electron chi connectivity index (χ1n) is 3.31. The van der Waals surface area contributed by atoms with Crippen molar-refractivity contribution in [1.82, 2.24) is 10.2 Å². The second kappa shape index (κ2) is 3.14. The predicted octanol–water partition coefficient (Wildman–Crippen LogP) is 1.01. The Labute approximate surface area is 66.8 Å². The molecule has 1 aromatic heterocycles. The highest BCUT2D eigenvalue weighted by Crippen LogP contribution is 2.33. The monoisotopic (exact) mass is 179 g/mol. The lowest BCUT2D eigenvalue weighted by molar-refractivity contribution is -0.148. The molecular weight excluding hydrogens is 171 g/mol. The number of hydrogen-bond acceptors (Lipinski definition) is 2. The Morgan fingerprint density at radius 2 is 2.25 bits per heavy atom. The Morgan fingerprint density at radius 1 is 1.58 bits per heavy atom. The molecule has 1 aromatic rings. The standard InChI is InChI=1S/C6H8F3N3/c7-6(8,9)5(1-10)4-2-11-12-3-4/h2-3,5H,1,10H2,(H,11,12). The lowest BCUT2D eigenvalue weighted by Gasteiger charge is -2.16. The minimum Gasteiger partial charge on any atom is -0.330 e. The van der Waals surface area contributed by atoms with Crippen molar-refractivity contribution in [3.8, 4) is 0 Å². The molecule has 68 valence electrons. The normalized spacial score (nSPS) is 14.7. The molecule has 0 aromatic carbocycles. The molecular formula is C6H8F3N3. The Bertz CT molecular complexity index is 229. The Kier molecular flexibility index (Phi) is 2.37. The lowest BCUT2D eigenvalue weighted by Crippen LogP contribution is -2.27. The molecule has 1 heterocycles. The molecule has 3 nitrogen and oxygen atoms in total. The molecule has 6 heteroatoms. The maximum absolute atomic E-state index is 12.2. The van der Waals surface area contributed by atoms with E-state index in [-0.39, 0.29) is 5.56 Å². The van der Waals surface area contributed by atoms with Gasteiger partial charge in [-0.05, 0) is 0 Å². The largest absolute Gasteiger partial charge is 0.397 e. The van der Waals surface area contributed by atoms with Crippen molar-refractivity contribution >= 4 is 0 Å². The van der Waals surface area contributed by atoms with E-state index in [1.165, 1.54) is 6.20 Å². The summed E-state index contributed by atoms with van der Waals surface area (Å²) < 4.78 is 36.5. The second-order valence-corrected chi connectivity index (χ2v) is 2.36. The molecule has 0 fully saturated rings. The zero-order valence-corrected chi connectivity index (χ0v) is 6.10. The fourth-order valence-corrected chi connectivity index (χ4v) is 0.910. The van der Waals surface area contributed by atoms with Gasteiger partial charge in [0, 0.05) is 18.3 Å². The Morgan fingerprint density at radius 3 is 2.58 bits per heavy atom. The van der Waals surface area contributed by atoms with E-state index in [0.29, 0.717) is 0 Å². The minimum absolute atomic E-state index is 0.0741. The number of hydrogen-bond donors (Lipinski definition) is 2. The van der Waals surface area contributed by atoms with Gasteiger partial charge in [0.15, 0.2) is 0 Å². The van der Waals surface area contributed by atoms with E-state index in [9.17, 15) is 13.2 Å². The Balaban J connectivity index is 2.84. The van der Waals surface area contributed by atoms with Crippen LogP contribution in [0.25, 0.3) is 0 Å². The minimum atomic E-state index is -4.29. The number of halogens is 3. The molecule has 1 rings (SSSR count). The molecule has 1 unspecified atom stereocenters. The number of rotatable bonds is 2. The summed E-state index contributed by atoms with van der Waals surface area (Å²) in [5.41, 5.74) is 5.06. The maximum atomic E-state index is 12.2. The molecule has 1 atom stereocenters. The van der Waals surface area contributed by atoms with Gasteiger partial charge in [0.05, 0.1) is 12.1 Å². The van der Waals surface area contributed by atoms with E-state index in [0.717, 1.165) is 6.20 Å². The van der Waals surface area contributed by atoms with Gasteiger partial charge in [0.1, 0.15) is 0 Å². The van der Waals surface area contributed by atoms with Crippen LogP contribution in [0.5, 0.6) is 0 Å². The topological polar surface area (TPSA) is 54.7 Å². The maximum Gasteiger partial charge on any atom is 0.397 e. The third kappa shape index (κ3) is 1.76. The lowest BCUT2D eigenvalue weighted by atomic mass is 10.0. The first-order valence-corrected chi connectivity index (χ1v) is 3.31. The quantitative estimate of drug-likeness (QED) is 0.711. The number of aromatic amines is 1. The van der Waals surface area contributed by atoms with Crippen LogP contribution in [0.15, 0.2) is 12.4 Å². The molecule has 0 amide bonds. The molecule has 3 N–H and O–H groups in total.